The fourth-order valence-electron chi connectivity index (χ4n) is 2.54. The van der Waals surface area contributed by atoms with E-state index in [1.165, 1.54) is 0 Å². The van der Waals surface area contributed by atoms with Crippen LogP contribution in [0.5, 0.6) is 0 Å². The second kappa shape index (κ2) is 5.90. The highest BCUT2D eigenvalue weighted by atomic mass is 16.4. The summed E-state index contributed by atoms with van der Waals surface area (Å²) in [5, 5.41) is 11.7. The van der Waals surface area contributed by atoms with Crippen LogP contribution in [0.1, 0.15) is 34.6 Å². The Morgan fingerprint density at radius 2 is 2.05 bits per heavy atom. The number of carbonyl (C=O) groups excluding carboxylic acids is 1. The van der Waals surface area contributed by atoms with Crippen LogP contribution >= 0.6 is 0 Å². The fourth-order valence-corrected chi connectivity index (χ4v) is 2.54. The number of piperidine rings is 1. The molecular weight excluding hydrogens is 256 g/mol. The molecule has 0 bridgehead atoms. The lowest BCUT2D eigenvalue weighted by molar-refractivity contribution is 0.0708. The number of aromatic nitrogens is 1. The number of amides is 1. The van der Waals surface area contributed by atoms with Gasteiger partial charge in [-0.05, 0) is 38.8 Å². The Balaban J connectivity index is 2.05. The lowest BCUT2D eigenvalue weighted by atomic mass is 9.95. The number of likely N-dealkylation sites (tertiary alicyclic amines) is 1. The molecular formula is C14H20N4O2. The maximum atomic E-state index is 12.5. The van der Waals surface area contributed by atoms with E-state index in [1.54, 1.807) is 4.90 Å². The van der Waals surface area contributed by atoms with E-state index in [0.29, 0.717) is 18.7 Å². The molecule has 1 aromatic rings. The standard InChI is InChI=1S/C14H20N4O2/c1-9-3-4-12(10(2)16-9)14(19)18-7-5-11(6-8-18)13(15)17-20/h3-4,11,20H,5-8H2,1-2H3,(H2,15,17). The molecule has 0 spiro atoms. The Hall–Kier alpha value is -2.11. The highest BCUT2D eigenvalue weighted by Gasteiger charge is 2.26. The molecule has 1 aromatic heterocycles. The third-order valence-electron chi connectivity index (χ3n) is 3.77. The van der Waals surface area contributed by atoms with Gasteiger partial charge in [0.25, 0.3) is 5.91 Å². The highest BCUT2D eigenvalue weighted by molar-refractivity contribution is 5.95. The van der Waals surface area contributed by atoms with Crippen LogP contribution in [0.25, 0.3) is 0 Å². The number of carbonyl (C=O) groups is 1. The van der Waals surface area contributed by atoms with Crippen LogP contribution in [0.4, 0.5) is 0 Å². The van der Waals surface area contributed by atoms with Crippen LogP contribution in [-0.4, -0.2) is 39.9 Å². The maximum absolute atomic E-state index is 12.5. The number of amidine groups is 1. The van der Waals surface area contributed by atoms with Crippen molar-refractivity contribution in [2.24, 2.45) is 16.8 Å². The summed E-state index contributed by atoms with van der Waals surface area (Å²) in [4.78, 5) is 18.6. The van der Waals surface area contributed by atoms with Crippen LogP contribution in [0.15, 0.2) is 17.3 Å². The summed E-state index contributed by atoms with van der Waals surface area (Å²) in [6.45, 7) is 4.99. The van der Waals surface area contributed by atoms with Gasteiger partial charge in [0, 0.05) is 24.7 Å². The number of pyridine rings is 1. The van der Waals surface area contributed by atoms with E-state index in [2.05, 4.69) is 10.1 Å². The Bertz CT molecular complexity index is 534. The summed E-state index contributed by atoms with van der Waals surface area (Å²) in [7, 11) is 0. The van der Waals surface area contributed by atoms with E-state index in [1.807, 2.05) is 26.0 Å². The predicted molar refractivity (Wildman–Crippen MR) is 75.7 cm³/mol. The van der Waals surface area contributed by atoms with Crippen LogP contribution in [0.2, 0.25) is 0 Å². The number of aryl methyl sites for hydroxylation is 2. The van der Waals surface area contributed by atoms with Gasteiger partial charge in [-0.25, -0.2) is 0 Å². The fraction of sp³-hybridized carbons (Fsp3) is 0.500. The Morgan fingerprint density at radius 3 is 2.60 bits per heavy atom. The van der Waals surface area contributed by atoms with E-state index in [4.69, 9.17) is 10.9 Å². The second-order valence-corrected chi connectivity index (χ2v) is 5.18. The van der Waals surface area contributed by atoms with E-state index in [9.17, 15) is 4.79 Å². The van der Waals surface area contributed by atoms with Gasteiger partial charge in [0.15, 0.2) is 0 Å². The molecule has 0 aromatic carbocycles. The summed E-state index contributed by atoms with van der Waals surface area (Å²) in [5.74, 6) is 0.319. The van der Waals surface area contributed by atoms with E-state index in [0.717, 1.165) is 24.2 Å². The predicted octanol–water partition coefficient (Wildman–Crippen LogP) is 1.30. The van der Waals surface area contributed by atoms with Crippen molar-refractivity contribution in [2.45, 2.75) is 26.7 Å². The van der Waals surface area contributed by atoms with Gasteiger partial charge in [0.2, 0.25) is 0 Å². The molecule has 108 valence electrons. The van der Waals surface area contributed by atoms with Gasteiger partial charge in [-0.1, -0.05) is 5.16 Å². The van der Waals surface area contributed by atoms with Crippen molar-refractivity contribution < 1.29 is 10.0 Å². The smallest absolute Gasteiger partial charge is 0.255 e. The largest absolute Gasteiger partial charge is 0.409 e. The zero-order valence-electron chi connectivity index (χ0n) is 11.8. The van der Waals surface area contributed by atoms with Crippen LogP contribution in [0.3, 0.4) is 0 Å². The summed E-state index contributed by atoms with van der Waals surface area (Å²) < 4.78 is 0. The molecule has 6 nitrogen and oxygen atoms in total. The molecule has 2 heterocycles. The minimum absolute atomic E-state index is 0.00737. The molecule has 1 fully saturated rings. The van der Waals surface area contributed by atoms with E-state index < -0.39 is 0 Å². The molecule has 1 amide bonds. The zero-order chi connectivity index (χ0) is 14.7. The second-order valence-electron chi connectivity index (χ2n) is 5.18. The quantitative estimate of drug-likeness (QED) is 0.368. The summed E-state index contributed by atoms with van der Waals surface area (Å²) in [6.07, 6.45) is 1.44. The molecule has 3 N–H and O–H groups in total. The van der Waals surface area contributed by atoms with Gasteiger partial charge in [-0.15, -0.1) is 0 Å². The molecule has 0 saturated carbocycles. The molecule has 0 atom stereocenters. The summed E-state index contributed by atoms with van der Waals surface area (Å²) in [5.41, 5.74) is 7.92. The molecule has 1 aliphatic rings. The monoisotopic (exact) mass is 276 g/mol. The Kier molecular flexibility index (Phi) is 4.22. The van der Waals surface area contributed by atoms with Crippen molar-refractivity contribution >= 4 is 11.7 Å². The van der Waals surface area contributed by atoms with Crippen LogP contribution in [0, 0.1) is 19.8 Å². The molecule has 6 heteroatoms. The van der Waals surface area contributed by atoms with Crippen molar-refractivity contribution in [3.8, 4) is 0 Å². The normalized spacial score (nSPS) is 17.3. The molecule has 1 aliphatic heterocycles. The van der Waals surface area contributed by atoms with Gasteiger partial charge in [-0.3, -0.25) is 9.78 Å². The van der Waals surface area contributed by atoms with Crippen molar-refractivity contribution in [2.75, 3.05) is 13.1 Å². The minimum atomic E-state index is 0.00737. The highest BCUT2D eigenvalue weighted by Crippen LogP contribution is 2.20. The zero-order valence-corrected chi connectivity index (χ0v) is 11.8. The molecule has 20 heavy (non-hydrogen) atoms. The van der Waals surface area contributed by atoms with Gasteiger partial charge in [0.1, 0.15) is 5.84 Å². The summed E-state index contributed by atoms with van der Waals surface area (Å²) >= 11 is 0. The van der Waals surface area contributed by atoms with Crippen LogP contribution in [-0.2, 0) is 0 Å². The van der Waals surface area contributed by atoms with Gasteiger partial charge < -0.3 is 15.8 Å². The van der Waals surface area contributed by atoms with Crippen molar-refractivity contribution in [1.29, 1.82) is 0 Å². The van der Waals surface area contributed by atoms with E-state index in [-0.39, 0.29) is 17.7 Å². The number of nitrogens with zero attached hydrogens (tertiary/aromatic N) is 3. The Labute approximate surface area is 118 Å². The lowest BCUT2D eigenvalue weighted by Crippen LogP contribution is -2.42. The number of hydrogen-bond donors (Lipinski definition) is 2. The van der Waals surface area contributed by atoms with Gasteiger partial charge in [0.05, 0.1) is 11.3 Å². The number of rotatable bonds is 2. The van der Waals surface area contributed by atoms with E-state index >= 15 is 0 Å². The molecule has 0 unspecified atom stereocenters. The van der Waals surface area contributed by atoms with Crippen molar-refractivity contribution in [1.82, 2.24) is 9.88 Å². The first-order chi connectivity index (χ1) is 9.52. The maximum Gasteiger partial charge on any atom is 0.255 e. The average Bonchev–Trinajstić information content (AvgIpc) is 2.46. The third-order valence-corrected chi connectivity index (χ3v) is 3.77. The van der Waals surface area contributed by atoms with Gasteiger partial charge >= 0.3 is 0 Å². The van der Waals surface area contributed by atoms with Crippen molar-refractivity contribution in [3.63, 3.8) is 0 Å². The molecule has 2 rings (SSSR count). The molecule has 0 aliphatic carbocycles. The first-order valence-corrected chi connectivity index (χ1v) is 6.74. The topological polar surface area (TPSA) is 91.8 Å². The SMILES string of the molecule is Cc1ccc(C(=O)N2CCC(C(N)=NO)CC2)c(C)n1. The number of hydrogen-bond acceptors (Lipinski definition) is 4. The number of oxime groups is 1. The van der Waals surface area contributed by atoms with Crippen LogP contribution < -0.4 is 5.73 Å². The average molecular weight is 276 g/mol. The van der Waals surface area contributed by atoms with Gasteiger partial charge in [-0.2, -0.15) is 0 Å². The molecule has 1 saturated heterocycles. The lowest BCUT2D eigenvalue weighted by Gasteiger charge is -2.31. The first kappa shape index (κ1) is 14.3. The minimum Gasteiger partial charge on any atom is -0.409 e. The number of nitrogens with two attached hydrogens (primary N) is 1. The Morgan fingerprint density at radius 1 is 1.40 bits per heavy atom. The first-order valence-electron chi connectivity index (χ1n) is 6.74. The third kappa shape index (κ3) is 2.89. The van der Waals surface area contributed by atoms with Crippen molar-refractivity contribution in [3.05, 3.63) is 29.1 Å². The molecule has 0 radical (unpaired) electrons. The summed E-state index contributed by atoms with van der Waals surface area (Å²) in [6, 6.07) is 3.68.